The Bertz CT molecular complexity index is 752. The summed E-state index contributed by atoms with van der Waals surface area (Å²) in [5, 5.41) is 0. The number of unbranched alkanes of at least 4 members (excludes halogenated alkanes) is 7. The number of pyridine rings is 1. The Morgan fingerprint density at radius 2 is 1.68 bits per heavy atom. The molecule has 0 unspecified atom stereocenters. The number of halogens is 1. The zero-order chi connectivity index (χ0) is 21.7. The number of aryl methyl sites for hydroxylation is 1. The van der Waals surface area contributed by atoms with Gasteiger partial charge in [-0.15, -0.1) is 0 Å². The third-order valence-electron chi connectivity index (χ3n) is 6.40. The van der Waals surface area contributed by atoms with E-state index in [9.17, 15) is 4.39 Å². The first-order chi connectivity index (χ1) is 15.3. The van der Waals surface area contributed by atoms with Crippen molar-refractivity contribution in [3.63, 3.8) is 0 Å². The van der Waals surface area contributed by atoms with Crippen LogP contribution in [-0.2, 0) is 6.42 Å². The first kappa shape index (κ1) is 23.8. The topological polar surface area (TPSA) is 22.1 Å². The number of benzene rings is 1. The Hall–Kier alpha value is -1.90. The molecule has 0 bridgehead atoms. The van der Waals surface area contributed by atoms with E-state index >= 15 is 0 Å². The fraction of sp³-hybridized carbons (Fsp3) is 0.571. The molecule has 0 N–H and O–H groups in total. The molecule has 2 nitrogen and oxygen atoms in total. The van der Waals surface area contributed by atoms with E-state index in [2.05, 4.69) is 24.4 Å². The zero-order valence-corrected chi connectivity index (χ0v) is 19.3. The van der Waals surface area contributed by atoms with Crippen LogP contribution in [0.5, 0.6) is 5.75 Å². The summed E-state index contributed by atoms with van der Waals surface area (Å²) in [6.45, 7) is 2.87. The van der Waals surface area contributed by atoms with Gasteiger partial charge in [0.1, 0.15) is 0 Å². The van der Waals surface area contributed by atoms with Gasteiger partial charge in [0.15, 0.2) is 11.6 Å². The molecule has 0 spiro atoms. The van der Waals surface area contributed by atoms with Gasteiger partial charge in [-0.2, -0.15) is 0 Å². The molecule has 2 aromatic rings. The fourth-order valence-corrected chi connectivity index (χ4v) is 4.35. The van der Waals surface area contributed by atoms with Crippen molar-refractivity contribution in [3.05, 3.63) is 54.3 Å². The molecule has 1 aromatic heterocycles. The first-order valence-electron chi connectivity index (χ1n) is 12.5. The molecule has 1 aliphatic carbocycles. The summed E-state index contributed by atoms with van der Waals surface area (Å²) in [6, 6.07) is 9.34. The molecular weight excluding hydrogens is 385 g/mol. The van der Waals surface area contributed by atoms with E-state index in [1.165, 1.54) is 56.9 Å². The molecule has 31 heavy (non-hydrogen) atoms. The van der Waals surface area contributed by atoms with Crippen LogP contribution in [0.4, 0.5) is 4.39 Å². The predicted octanol–water partition coefficient (Wildman–Crippen LogP) is 8.34. The molecule has 0 aliphatic heterocycles. The van der Waals surface area contributed by atoms with Crippen molar-refractivity contribution in [2.24, 2.45) is 5.92 Å². The number of ether oxygens (including phenoxy) is 1. The van der Waals surface area contributed by atoms with Crippen LogP contribution in [0.1, 0.15) is 89.5 Å². The number of rotatable bonds is 13. The van der Waals surface area contributed by atoms with E-state index in [4.69, 9.17) is 4.74 Å². The highest BCUT2D eigenvalue weighted by molar-refractivity contribution is 5.60. The van der Waals surface area contributed by atoms with Gasteiger partial charge >= 0.3 is 0 Å². The van der Waals surface area contributed by atoms with Crippen molar-refractivity contribution >= 4 is 0 Å². The van der Waals surface area contributed by atoms with Crippen molar-refractivity contribution in [3.8, 4) is 17.0 Å². The Morgan fingerprint density at radius 3 is 2.35 bits per heavy atom. The lowest BCUT2D eigenvalue weighted by atomic mass is 9.90. The second-order valence-corrected chi connectivity index (χ2v) is 9.04. The van der Waals surface area contributed by atoms with E-state index in [-0.39, 0.29) is 5.82 Å². The molecule has 1 aliphatic rings. The lowest BCUT2D eigenvalue weighted by Gasteiger charge is -2.21. The van der Waals surface area contributed by atoms with Crippen molar-refractivity contribution < 1.29 is 9.13 Å². The molecule has 0 atom stereocenters. The van der Waals surface area contributed by atoms with E-state index in [1.807, 2.05) is 18.3 Å². The molecule has 1 fully saturated rings. The van der Waals surface area contributed by atoms with Crippen molar-refractivity contribution in [2.75, 3.05) is 6.61 Å². The van der Waals surface area contributed by atoms with E-state index in [1.54, 1.807) is 12.1 Å². The molecular formula is C28H39FNO. The van der Waals surface area contributed by atoms with E-state index < -0.39 is 0 Å². The fourth-order valence-electron chi connectivity index (χ4n) is 4.35. The summed E-state index contributed by atoms with van der Waals surface area (Å²) in [6.07, 6.45) is 20.6. The third-order valence-corrected chi connectivity index (χ3v) is 6.40. The van der Waals surface area contributed by atoms with Gasteiger partial charge in [0.25, 0.3) is 0 Å². The highest BCUT2D eigenvalue weighted by atomic mass is 19.1. The maximum atomic E-state index is 14.5. The lowest BCUT2D eigenvalue weighted by molar-refractivity contribution is 0.213. The summed E-state index contributed by atoms with van der Waals surface area (Å²) >= 11 is 0. The molecule has 169 valence electrons. The van der Waals surface area contributed by atoms with Crippen LogP contribution in [0.2, 0.25) is 0 Å². The molecule has 1 heterocycles. The smallest absolute Gasteiger partial charge is 0.165 e. The number of nitrogens with zero attached hydrogens (tertiary/aromatic N) is 1. The molecule has 3 rings (SSSR count). The minimum Gasteiger partial charge on any atom is -0.490 e. The van der Waals surface area contributed by atoms with Crippen LogP contribution < -0.4 is 4.74 Å². The van der Waals surface area contributed by atoms with Gasteiger partial charge < -0.3 is 4.74 Å². The Morgan fingerprint density at radius 1 is 0.935 bits per heavy atom. The monoisotopic (exact) mass is 424 g/mol. The summed E-state index contributed by atoms with van der Waals surface area (Å²) < 4.78 is 20.3. The van der Waals surface area contributed by atoms with Gasteiger partial charge in [0.2, 0.25) is 0 Å². The predicted molar refractivity (Wildman–Crippen MR) is 128 cm³/mol. The first-order valence-corrected chi connectivity index (χ1v) is 12.5. The minimum atomic E-state index is -0.301. The Balaban J connectivity index is 1.42. The van der Waals surface area contributed by atoms with Gasteiger partial charge in [-0.1, -0.05) is 57.9 Å². The van der Waals surface area contributed by atoms with Crippen LogP contribution in [0.25, 0.3) is 11.3 Å². The zero-order valence-electron chi connectivity index (χ0n) is 19.3. The number of hydrogen-bond acceptors (Lipinski definition) is 2. The van der Waals surface area contributed by atoms with Crippen LogP contribution in [0, 0.1) is 18.2 Å². The van der Waals surface area contributed by atoms with Crippen LogP contribution in [0.15, 0.2) is 36.5 Å². The van der Waals surface area contributed by atoms with Crippen LogP contribution in [0.3, 0.4) is 0 Å². The van der Waals surface area contributed by atoms with E-state index in [0.29, 0.717) is 18.3 Å². The highest BCUT2D eigenvalue weighted by Crippen LogP contribution is 2.27. The van der Waals surface area contributed by atoms with Gasteiger partial charge in [-0.05, 0) is 80.7 Å². The molecule has 1 saturated carbocycles. The van der Waals surface area contributed by atoms with Gasteiger partial charge in [-0.25, -0.2) is 4.39 Å². The maximum Gasteiger partial charge on any atom is 0.165 e. The molecule has 3 heteroatoms. The molecule has 0 amide bonds. The average Bonchev–Trinajstić information content (AvgIpc) is 2.81. The number of aromatic nitrogens is 1. The summed E-state index contributed by atoms with van der Waals surface area (Å²) in [5.74, 6) is 0.591. The summed E-state index contributed by atoms with van der Waals surface area (Å²) in [7, 11) is 0. The maximum absolute atomic E-state index is 14.5. The second-order valence-electron chi connectivity index (χ2n) is 9.04. The number of hydrogen-bond donors (Lipinski definition) is 0. The molecule has 0 saturated heterocycles. The average molecular weight is 425 g/mol. The SMILES string of the molecule is CCCCCCCCCCc1ccc(-c2ccc(OCC3CC[CH]CC3)c(F)c2)nc1. The van der Waals surface area contributed by atoms with Gasteiger partial charge in [0, 0.05) is 11.8 Å². The van der Waals surface area contributed by atoms with Crippen LogP contribution >= 0.6 is 0 Å². The normalized spacial score (nSPS) is 14.6. The summed E-state index contributed by atoms with van der Waals surface area (Å²) in [5.41, 5.74) is 2.88. The lowest BCUT2D eigenvalue weighted by Crippen LogP contribution is -2.15. The highest BCUT2D eigenvalue weighted by Gasteiger charge is 2.15. The minimum absolute atomic E-state index is 0.301. The Labute approximate surface area is 188 Å². The quantitative estimate of drug-likeness (QED) is 0.301. The second kappa shape index (κ2) is 13.5. The van der Waals surface area contributed by atoms with E-state index in [0.717, 1.165) is 43.4 Å². The molecule has 1 aromatic carbocycles. The Kier molecular flexibility index (Phi) is 10.3. The van der Waals surface area contributed by atoms with Gasteiger partial charge in [-0.3, -0.25) is 4.98 Å². The largest absolute Gasteiger partial charge is 0.490 e. The van der Waals surface area contributed by atoms with Crippen LogP contribution in [-0.4, -0.2) is 11.6 Å². The van der Waals surface area contributed by atoms with Crippen molar-refractivity contribution in [1.82, 2.24) is 4.98 Å². The summed E-state index contributed by atoms with van der Waals surface area (Å²) in [4.78, 5) is 4.58. The van der Waals surface area contributed by atoms with Crippen molar-refractivity contribution in [1.29, 1.82) is 0 Å². The standard InChI is InChI=1S/C28H39FNO/c1-2-3-4-5-6-7-8-10-13-23-16-18-27(30-21-23)25-17-19-28(26(29)20-25)31-22-24-14-11-9-12-15-24/h9,16-21,24H,2-8,10-15,22H2,1H3. The van der Waals surface area contributed by atoms with Gasteiger partial charge in [0.05, 0.1) is 12.3 Å². The van der Waals surface area contributed by atoms with Crippen molar-refractivity contribution in [2.45, 2.75) is 90.4 Å². The third kappa shape index (κ3) is 8.27. The molecule has 1 radical (unpaired) electrons.